The first kappa shape index (κ1) is 24.3. The number of hydrogen-bond donors (Lipinski definition) is 0. The Morgan fingerprint density at radius 1 is 0.818 bits per heavy atom. The van der Waals surface area contributed by atoms with Gasteiger partial charge in [0.1, 0.15) is 8.86 Å². The fraction of sp³-hybridized carbons (Fsp3) is 1.00. The molecule has 0 aliphatic carbocycles. The Hall–Kier alpha value is 0.01000. The Kier molecular flexibility index (Phi) is 8.51. The highest BCUT2D eigenvalue weighted by Crippen LogP contribution is 2.54. The van der Waals surface area contributed by atoms with E-state index in [1.807, 2.05) is 0 Å². The lowest BCUT2D eigenvalue weighted by molar-refractivity contribution is -0.648. The average molecular weight is 484 g/mol. The fourth-order valence-electron chi connectivity index (χ4n) is 0.707. The molecule has 136 valence electrons. The molecule has 0 aromatic carbocycles. The van der Waals surface area contributed by atoms with Crippen LogP contribution in [0, 0.1) is 0 Å². The van der Waals surface area contributed by atoms with Gasteiger partial charge in [0.15, 0.2) is 10.1 Å². The van der Waals surface area contributed by atoms with Gasteiger partial charge >= 0.3 is 23.3 Å². The summed E-state index contributed by atoms with van der Waals surface area (Å²) < 4.78 is 138. The first-order valence-electron chi connectivity index (χ1n) is 5.10. The van der Waals surface area contributed by atoms with Crippen LogP contribution in [0.2, 0.25) is 0 Å². The molecule has 0 radical (unpaired) electrons. The molecule has 0 rings (SSSR count). The zero-order valence-corrected chi connectivity index (χ0v) is 13.8. The third-order valence-electron chi connectivity index (χ3n) is 1.81. The van der Waals surface area contributed by atoms with Crippen LogP contribution < -0.4 is 21.2 Å². The Bertz CT molecular complexity index is 444. The van der Waals surface area contributed by atoms with Gasteiger partial charge in [0.05, 0.1) is 0 Å². The molecule has 0 aromatic rings. The third kappa shape index (κ3) is 5.01. The van der Waals surface area contributed by atoms with Crippen molar-refractivity contribution in [3.63, 3.8) is 0 Å². The van der Waals surface area contributed by atoms with Gasteiger partial charge in [-0.1, -0.05) is 0 Å². The lowest BCUT2D eigenvalue weighted by Crippen LogP contribution is -3.63. The molecular formula is C8H10F9IO3S. The Morgan fingerprint density at radius 3 is 1.27 bits per heavy atom. The molecule has 3 nitrogen and oxygen atoms in total. The predicted octanol–water partition coefficient (Wildman–Crippen LogP) is 0.0725. The summed E-state index contributed by atoms with van der Waals surface area (Å²) in [6.07, 6.45) is -7.16. The number of halogens is 10. The number of alkyl halides is 11. The third-order valence-corrected chi connectivity index (χ3v) is 4.85. The van der Waals surface area contributed by atoms with Crippen molar-refractivity contribution in [2.24, 2.45) is 0 Å². The minimum atomic E-state index is -7.43. The maximum absolute atomic E-state index is 12.2. The van der Waals surface area contributed by atoms with Gasteiger partial charge in [-0.05, 0) is 13.8 Å². The maximum atomic E-state index is 12.2. The summed E-state index contributed by atoms with van der Waals surface area (Å²) in [7, 11) is -7.42. The highest BCUT2D eigenvalue weighted by atomic mass is 127. The van der Waals surface area contributed by atoms with Gasteiger partial charge in [0.2, 0.25) is 0 Å². The summed E-state index contributed by atoms with van der Waals surface area (Å²) in [4.78, 5) is 0. The molecule has 0 bridgehead atoms. The predicted molar refractivity (Wildman–Crippen MR) is 51.7 cm³/mol. The van der Waals surface area contributed by atoms with Gasteiger partial charge in [-0.2, -0.15) is 39.5 Å². The van der Waals surface area contributed by atoms with Crippen molar-refractivity contribution in [2.45, 2.75) is 37.1 Å². The van der Waals surface area contributed by atoms with Crippen LogP contribution in [-0.4, -0.2) is 45.1 Å². The zero-order valence-electron chi connectivity index (χ0n) is 10.8. The normalized spacial score (nSPS) is 14.4. The van der Waals surface area contributed by atoms with Crippen LogP contribution in [0.5, 0.6) is 0 Å². The SMILES string of the molecule is CC[I+]CC.O=S(=O)([O-])C(F)(F)C(F)(F)C(F)(F)C(F)(F)F. The lowest BCUT2D eigenvalue weighted by Gasteiger charge is -2.34. The molecule has 22 heavy (non-hydrogen) atoms. The van der Waals surface area contributed by atoms with Crippen LogP contribution in [0.25, 0.3) is 0 Å². The summed E-state index contributed by atoms with van der Waals surface area (Å²) in [5.41, 5.74) is 0. The Labute approximate surface area is 130 Å². The van der Waals surface area contributed by atoms with E-state index in [-0.39, 0.29) is 0 Å². The number of rotatable bonds is 5. The summed E-state index contributed by atoms with van der Waals surface area (Å²) in [6, 6.07) is 0. The van der Waals surface area contributed by atoms with E-state index in [0.717, 1.165) is 0 Å². The smallest absolute Gasteiger partial charge is 0.460 e. The summed E-state index contributed by atoms with van der Waals surface area (Å²) in [5.74, 6) is -14.8. The molecule has 0 N–H and O–H groups in total. The van der Waals surface area contributed by atoms with Crippen molar-refractivity contribution >= 4 is 10.1 Å². The van der Waals surface area contributed by atoms with Crippen LogP contribution >= 0.6 is 0 Å². The van der Waals surface area contributed by atoms with E-state index in [0.29, 0.717) is 21.2 Å². The summed E-state index contributed by atoms with van der Waals surface area (Å²) >= 11 is 0.631. The van der Waals surface area contributed by atoms with Crippen molar-refractivity contribution in [1.29, 1.82) is 0 Å². The van der Waals surface area contributed by atoms with Gasteiger partial charge in [0.25, 0.3) is 21.2 Å². The quantitative estimate of drug-likeness (QED) is 0.241. The highest BCUT2D eigenvalue weighted by molar-refractivity contribution is 7.86. The lowest BCUT2D eigenvalue weighted by atomic mass is 10.1. The van der Waals surface area contributed by atoms with Gasteiger partial charge in [-0.3, -0.25) is 0 Å². The molecule has 0 saturated heterocycles. The van der Waals surface area contributed by atoms with E-state index in [1.165, 1.54) is 8.86 Å². The molecule has 0 heterocycles. The van der Waals surface area contributed by atoms with Gasteiger partial charge in [-0.25, -0.2) is 8.42 Å². The first-order chi connectivity index (χ1) is 9.41. The topological polar surface area (TPSA) is 57.2 Å². The fourth-order valence-corrected chi connectivity index (χ4v) is 2.23. The highest BCUT2D eigenvalue weighted by Gasteiger charge is 2.83. The van der Waals surface area contributed by atoms with Crippen molar-refractivity contribution in [3.05, 3.63) is 0 Å². The van der Waals surface area contributed by atoms with E-state index >= 15 is 0 Å². The largest absolute Gasteiger partial charge is 0.743 e. The standard InChI is InChI=1S/C4HF9O3S.C4H10I/c5-1(6,3(9,10)11)2(7,8)4(12,13)17(14,15)16;1-3-5-4-2/h(H,14,15,16);3-4H2,1-2H3/q;+1/p-1. The summed E-state index contributed by atoms with van der Waals surface area (Å²) in [5, 5.41) is -7.11. The molecule has 0 spiro atoms. The van der Waals surface area contributed by atoms with Crippen molar-refractivity contribution in [2.75, 3.05) is 8.86 Å². The van der Waals surface area contributed by atoms with Crippen LogP contribution in [0.4, 0.5) is 39.5 Å². The Morgan fingerprint density at radius 2 is 1.14 bits per heavy atom. The second kappa shape index (κ2) is 7.72. The Balaban J connectivity index is 0. The monoisotopic (exact) mass is 484 g/mol. The number of hydrogen-bond acceptors (Lipinski definition) is 3. The zero-order chi connectivity index (χ0) is 18.6. The summed E-state index contributed by atoms with van der Waals surface area (Å²) in [6.45, 7) is 4.52. The van der Waals surface area contributed by atoms with Crippen LogP contribution in [0.3, 0.4) is 0 Å². The molecule has 0 aromatic heterocycles. The minimum Gasteiger partial charge on any atom is -0.743 e. The van der Waals surface area contributed by atoms with E-state index in [1.54, 1.807) is 0 Å². The minimum absolute atomic E-state index is 0.631. The van der Waals surface area contributed by atoms with E-state index in [4.69, 9.17) is 0 Å². The van der Waals surface area contributed by atoms with E-state index in [9.17, 15) is 52.5 Å². The van der Waals surface area contributed by atoms with Crippen LogP contribution in [0.15, 0.2) is 0 Å². The van der Waals surface area contributed by atoms with Crippen LogP contribution in [-0.2, 0) is 10.1 Å². The van der Waals surface area contributed by atoms with Crippen molar-refractivity contribution < 1.29 is 73.7 Å². The van der Waals surface area contributed by atoms with Gasteiger partial charge < -0.3 is 4.55 Å². The molecule has 14 heteroatoms. The molecule has 0 atom stereocenters. The van der Waals surface area contributed by atoms with Crippen LogP contribution in [0.1, 0.15) is 13.8 Å². The molecule has 0 unspecified atom stereocenters. The van der Waals surface area contributed by atoms with E-state index in [2.05, 4.69) is 13.8 Å². The van der Waals surface area contributed by atoms with Crippen molar-refractivity contribution in [1.82, 2.24) is 0 Å². The molecule has 0 fully saturated rings. The van der Waals surface area contributed by atoms with Crippen molar-refractivity contribution in [3.8, 4) is 0 Å². The molecule has 0 saturated carbocycles. The average Bonchev–Trinajstić information content (AvgIpc) is 2.27. The van der Waals surface area contributed by atoms with Gasteiger partial charge in [0, 0.05) is 0 Å². The van der Waals surface area contributed by atoms with Gasteiger partial charge in [-0.15, -0.1) is 0 Å². The first-order valence-corrected chi connectivity index (χ1v) is 9.56. The molecule has 0 amide bonds. The molecular weight excluding hydrogens is 474 g/mol. The second-order valence-electron chi connectivity index (χ2n) is 3.34. The maximum Gasteiger partial charge on any atom is 0.460 e. The van der Waals surface area contributed by atoms with E-state index < -0.39 is 33.4 Å². The molecule has 0 aliphatic heterocycles. The second-order valence-corrected chi connectivity index (χ2v) is 8.89. The molecule has 0 aliphatic rings.